The number of primary amides is 1. The fourth-order valence-electron chi connectivity index (χ4n) is 22.4. The molecule has 131 heavy (non-hydrogen) atoms. The van der Waals surface area contributed by atoms with Crippen molar-refractivity contribution in [2.45, 2.75) is 263 Å². The Morgan fingerprint density at radius 1 is 0.695 bits per heavy atom. The molecule has 5 heterocycles. The molecule has 0 bridgehead atoms. The van der Waals surface area contributed by atoms with E-state index in [1.54, 1.807) is 73.2 Å². The summed E-state index contributed by atoms with van der Waals surface area (Å²) in [5.74, 6) is -5.94. The van der Waals surface area contributed by atoms with Crippen molar-refractivity contribution in [3.8, 4) is 5.75 Å². The summed E-state index contributed by atoms with van der Waals surface area (Å²) in [5.41, 5.74) is 9.87. The number of aromatic hydroxyl groups is 1. The highest BCUT2D eigenvalue weighted by atomic mass is 33.1. The number of likely N-dealkylation sites (tertiary alicyclic amines) is 2. The van der Waals surface area contributed by atoms with Crippen molar-refractivity contribution >= 4 is 103 Å². The van der Waals surface area contributed by atoms with Gasteiger partial charge < -0.3 is 83.7 Å². The summed E-state index contributed by atoms with van der Waals surface area (Å²) in [6, 6.07) is 8.08. The highest BCUT2D eigenvalue weighted by Crippen LogP contribution is 2.68. The van der Waals surface area contributed by atoms with Gasteiger partial charge in [0.2, 0.25) is 59.1 Å². The summed E-state index contributed by atoms with van der Waals surface area (Å²) in [5, 5.41) is 51.9. The second kappa shape index (κ2) is 44.5. The van der Waals surface area contributed by atoms with E-state index in [1.165, 1.54) is 74.5 Å². The minimum atomic E-state index is -1.65. The Morgan fingerprint density at radius 2 is 1.40 bits per heavy atom. The Morgan fingerprint density at radius 3 is 2.14 bits per heavy atom. The lowest BCUT2D eigenvalue weighted by Gasteiger charge is -2.58. The van der Waals surface area contributed by atoms with Crippen LogP contribution in [0.3, 0.4) is 0 Å². The molecule has 21 atom stereocenters. The quantitative estimate of drug-likeness (QED) is 0.0104. The standard InChI is InChI=1S/C100H136N14O15S2.2H2/c1-58(2)20-16-21-60(5)73-38-39-74-72-37-34-69-49-64(40-42-99(69,7)75(72)41-43-100(73,74)8)55-129-98(128)102-44-15-14-27-77-88(118)110-85(59(3)4)95(125)109-82(93(123)111-86(61(6)115)87(101)117)57-131-130-56-81(92(122)105-78(50-62-31-35-70(116)36-32-62)89(119)106-80(91(121)104-77)52-68-53-103-76-26-13-12-25-71(68)76)108-90(120)79(51-63-30-33-65-22-10-11-23-66(65)48-63)107-94(124)83-28-18-46-113(83)97(127)84-29-19-47-114(84)96(126)67-24-17-45-112(9)54-67;;/h10-13,17,22-26,30-36,45,48,53-54,58-61,64,71-86,103,115H,14-16,18-21,27-29,37-44,46-47,49-52,55-57H2,1-9H3,(H11-,101,102,104,105,106,107,108,109,110,111,116,117,118,119,120,121,122,123,124,125,128);2*1H/p+1/i;2*1+1. The van der Waals surface area contributed by atoms with Crippen molar-refractivity contribution < 1.29 is 79.9 Å². The molecule has 3 saturated heterocycles. The summed E-state index contributed by atoms with van der Waals surface area (Å²) in [6.07, 6.45) is 28.0. The number of nitrogens with two attached hydrogens (primary N) is 1. The summed E-state index contributed by atoms with van der Waals surface area (Å²) < 4.78 is 7.72. The van der Waals surface area contributed by atoms with Crippen LogP contribution in [0.25, 0.3) is 10.8 Å². The van der Waals surface area contributed by atoms with Gasteiger partial charge in [-0.2, -0.15) is 0 Å². The van der Waals surface area contributed by atoms with Crippen LogP contribution in [0.1, 0.15) is 202 Å². The minimum absolute atomic E-state index is 0. The third-order valence-corrected chi connectivity index (χ3v) is 32.1. The van der Waals surface area contributed by atoms with E-state index < -0.39 is 138 Å². The van der Waals surface area contributed by atoms with Crippen molar-refractivity contribution in [2.24, 2.45) is 76.9 Å². The van der Waals surface area contributed by atoms with Gasteiger partial charge in [0.25, 0.3) is 5.91 Å². The zero-order valence-electron chi connectivity index (χ0n) is 77.3. The molecule has 4 aliphatic heterocycles. The highest BCUT2D eigenvalue weighted by Gasteiger charge is 2.60. The van der Waals surface area contributed by atoms with E-state index in [4.69, 9.17) is 10.5 Å². The van der Waals surface area contributed by atoms with Gasteiger partial charge in [0.15, 0.2) is 12.4 Å². The zero-order chi connectivity index (χ0) is 93.5. The molecule has 4 aromatic rings. The number of nitrogens with one attached hydrogen (secondary N) is 10. The van der Waals surface area contributed by atoms with Crippen LogP contribution in [0, 0.1) is 64.1 Å². The Bertz CT molecular complexity index is 4960. The smallest absolute Gasteiger partial charge is 0.407 e. The van der Waals surface area contributed by atoms with Crippen LogP contribution in [0.15, 0.2) is 139 Å². The second-order valence-electron chi connectivity index (χ2n) is 39.5. The van der Waals surface area contributed by atoms with Gasteiger partial charge in [-0.1, -0.05) is 180 Å². The number of carbonyl (C=O) groups is 12. The maximum Gasteiger partial charge on any atom is 0.407 e. The topological polar surface area (TPSA) is 411 Å². The summed E-state index contributed by atoms with van der Waals surface area (Å²) >= 11 is 0. The van der Waals surface area contributed by atoms with Gasteiger partial charge >= 0.3 is 6.09 Å². The van der Waals surface area contributed by atoms with Crippen LogP contribution >= 0.6 is 21.6 Å². The van der Waals surface area contributed by atoms with E-state index in [9.17, 15) is 34.2 Å². The third kappa shape index (κ3) is 24.2. The van der Waals surface area contributed by atoms with Crippen LogP contribution in [0.4, 0.5) is 4.79 Å². The highest BCUT2D eigenvalue weighted by molar-refractivity contribution is 8.76. The molecule has 5 aliphatic carbocycles. The number of allylic oxidation sites excluding steroid dienone is 4. The van der Waals surface area contributed by atoms with Gasteiger partial charge in [-0.25, -0.2) is 9.36 Å². The first-order chi connectivity index (χ1) is 62.7. The van der Waals surface area contributed by atoms with Crippen molar-refractivity contribution in [1.82, 2.24) is 63.0 Å². The first-order valence-electron chi connectivity index (χ1n) is 47.6. The molecular weight excluding hydrogens is 1700 g/mol. The number of aliphatic hydroxyl groups excluding tert-OH is 1. The normalized spacial score (nSPS) is 29.2. The van der Waals surface area contributed by atoms with Gasteiger partial charge in [0.05, 0.1) is 18.8 Å². The lowest BCUT2D eigenvalue weighted by molar-refractivity contribution is -0.671. The van der Waals surface area contributed by atoms with Crippen LogP contribution in [-0.4, -0.2) is 201 Å². The number of phenolic OH excluding ortho intramolecular Hbond substituents is 1. The van der Waals surface area contributed by atoms with Crippen LogP contribution in [-0.2, 0) is 72.6 Å². The number of ether oxygens (including phenoxy) is 1. The largest absolute Gasteiger partial charge is 0.508 e. The molecular formula is C100H141N14O15S2+. The second-order valence-corrected chi connectivity index (χ2v) is 42.0. The van der Waals surface area contributed by atoms with E-state index in [-0.39, 0.29) is 108 Å². The number of aliphatic hydroxyl groups is 1. The molecule has 14 N–H and O–H groups in total. The first kappa shape index (κ1) is 98.2. The number of alkyl carbamates (subject to hydrolysis) is 1. The Labute approximate surface area is 780 Å². The predicted molar refractivity (Wildman–Crippen MR) is 507 cm³/mol. The number of phenols is 1. The summed E-state index contributed by atoms with van der Waals surface area (Å²) in [4.78, 5) is 181. The molecule has 0 radical (unpaired) electrons. The van der Waals surface area contributed by atoms with Crippen LogP contribution in [0.2, 0.25) is 0 Å². The number of aromatic nitrogens is 1. The van der Waals surface area contributed by atoms with Gasteiger partial charge in [0.1, 0.15) is 78.8 Å². The predicted octanol–water partition coefficient (Wildman–Crippen LogP) is 9.28. The zero-order valence-corrected chi connectivity index (χ0v) is 78.9. The molecule has 31 heteroatoms. The molecule has 3 saturated carbocycles. The maximum atomic E-state index is 15.8. The molecule has 29 nitrogen and oxygen atoms in total. The Hall–Kier alpha value is -10.3. The van der Waals surface area contributed by atoms with E-state index in [0.717, 1.165) is 81.7 Å². The van der Waals surface area contributed by atoms with Crippen molar-refractivity contribution in [3.63, 3.8) is 0 Å². The number of amides is 12. The van der Waals surface area contributed by atoms with Gasteiger partial charge in [-0.15, -0.1) is 0 Å². The third-order valence-electron chi connectivity index (χ3n) is 29.6. The number of nitrogens with zero attached hydrogens (tertiary/aromatic N) is 3. The molecule has 712 valence electrons. The molecule has 1 aromatic heterocycles. The number of fused-ring (bicyclic) bond motifs is 7. The Kier molecular flexibility index (Phi) is 33.4. The average Bonchev–Trinajstić information content (AvgIpc) is 1.65. The van der Waals surface area contributed by atoms with E-state index in [2.05, 4.69) is 93.9 Å². The van der Waals surface area contributed by atoms with Crippen molar-refractivity contribution in [3.05, 3.63) is 156 Å². The number of rotatable bonds is 29. The lowest BCUT2D eigenvalue weighted by Crippen LogP contribution is -2.62. The fraction of sp³-hybridized carbons (Fsp3) is 0.590. The number of pyridine rings is 1. The number of aryl methyl sites for hydroxylation is 1. The number of hydrogen-bond acceptors (Lipinski definition) is 18. The molecule has 9 aliphatic rings. The van der Waals surface area contributed by atoms with E-state index >= 15 is 33.6 Å². The SMILES string of the molecule is CC(C)CCCC(C)C1CCC2C3CC=C4CC(COC(=O)NCCCCC5NC(=O)C(CC6=CNC7C=CC=CC67)NC(=O)C(Cc6ccc(O)cc6)NC(=O)C(NC(=O)C(Cc6ccc7ccccc7c6)NC(=O)C6CCCN6C(=O)C6CCCN6C(=O)c6ccc[n+](C)c6)CSSCC(C(=O)NC(C(N)=O)C(C)O)NC(=O)C(C(C)C)NC5=O)CCC4(C)C3CCC12C.[2HH].[2HH]. The molecule has 0 spiro atoms. The molecule has 13 rings (SSSR count). The average molecular weight is 1850 g/mol. The monoisotopic (exact) mass is 1840 g/mol. The van der Waals surface area contributed by atoms with Gasteiger partial charge in [-0.05, 0) is 220 Å². The molecule has 3 aromatic carbocycles. The number of hydrogen-bond donors (Lipinski definition) is 13. The molecule has 6 fully saturated rings. The fourth-order valence-corrected chi connectivity index (χ4v) is 24.7. The van der Waals surface area contributed by atoms with E-state index in [0.29, 0.717) is 71.7 Å². The lowest BCUT2D eigenvalue weighted by atomic mass is 9.46. The van der Waals surface area contributed by atoms with Crippen molar-refractivity contribution in [1.29, 1.82) is 0 Å². The maximum absolute atomic E-state index is 15.8. The summed E-state index contributed by atoms with van der Waals surface area (Å²) in [6.45, 7) is 17.8. The minimum Gasteiger partial charge on any atom is -0.508 e. The Balaban J connectivity index is 0.00000852. The number of unbranched alkanes of at least 4 members (excludes halogenated alkanes) is 1. The van der Waals surface area contributed by atoms with Crippen LogP contribution in [0.5, 0.6) is 5.75 Å². The number of carbonyl (C=O) groups excluding carboxylic acids is 12. The van der Waals surface area contributed by atoms with Crippen LogP contribution < -0.4 is 63.5 Å². The molecule has 12 amide bonds. The molecule has 21 unspecified atom stereocenters. The first-order valence-corrected chi connectivity index (χ1v) is 50.1. The van der Waals surface area contributed by atoms with E-state index in [1.807, 2.05) is 66.8 Å². The van der Waals surface area contributed by atoms with Crippen molar-refractivity contribution in [2.75, 3.05) is 37.7 Å². The number of benzene rings is 3. The van der Waals surface area contributed by atoms with Gasteiger partial charge in [0, 0.05) is 58.8 Å². The van der Waals surface area contributed by atoms with Gasteiger partial charge in [-0.3, -0.25) is 52.7 Å². The summed E-state index contributed by atoms with van der Waals surface area (Å²) in [7, 11) is 3.70.